The van der Waals surface area contributed by atoms with Crippen molar-refractivity contribution in [2.75, 3.05) is 33.2 Å². The van der Waals surface area contributed by atoms with Crippen molar-refractivity contribution in [2.45, 2.75) is 109 Å². The van der Waals surface area contributed by atoms with E-state index >= 15 is 0 Å². The topological polar surface area (TPSA) is 138 Å². The van der Waals surface area contributed by atoms with Crippen LogP contribution in [0.3, 0.4) is 0 Å². The number of oxime groups is 1. The van der Waals surface area contributed by atoms with Crippen molar-refractivity contribution >= 4 is 11.8 Å². The van der Waals surface area contributed by atoms with Crippen LogP contribution in [0, 0.1) is 23.6 Å². The first-order chi connectivity index (χ1) is 31.0. The van der Waals surface area contributed by atoms with Crippen molar-refractivity contribution in [3.05, 3.63) is 120 Å². The van der Waals surface area contributed by atoms with Crippen LogP contribution >= 0.6 is 0 Å². The van der Waals surface area contributed by atoms with Gasteiger partial charge in [0.15, 0.2) is 11.5 Å². The Balaban J connectivity index is 1.44. The normalized spacial score (nSPS) is 23.6. The third-order valence-electron chi connectivity index (χ3n) is 12.4. The van der Waals surface area contributed by atoms with E-state index in [2.05, 4.69) is 19.2 Å². The molecule has 3 aromatic carbocycles. The monoisotopic (exact) mass is 882 g/mol. The molecule has 0 aromatic heterocycles. The summed E-state index contributed by atoms with van der Waals surface area (Å²) in [6.45, 7) is 14.2. The average molecular weight is 883 g/mol. The van der Waals surface area contributed by atoms with Crippen LogP contribution in [0.1, 0.15) is 94.7 Å². The minimum atomic E-state index is -1.52. The number of benzene rings is 3. The summed E-state index contributed by atoms with van der Waals surface area (Å²) in [4.78, 5) is 22.7. The number of aliphatic hydroxyl groups is 2. The zero-order valence-corrected chi connectivity index (χ0v) is 37.3. The predicted molar refractivity (Wildman–Crippen MR) is 241 cm³/mol. The van der Waals surface area contributed by atoms with Gasteiger partial charge in [-0.15, -0.1) is 13.2 Å². The van der Waals surface area contributed by atoms with Gasteiger partial charge in [0.2, 0.25) is 12.6 Å². The number of carbonyl (C=O) groups is 1. The second-order valence-corrected chi connectivity index (χ2v) is 17.9. The summed E-state index contributed by atoms with van der Waals surface area (Å²) in [6, 6.07) is 17.0. The van der Waals surface area contributed by atoms with Crippen LogP contribution in [-0.4, -0.2) is 77.6 Å². The van der Waals surface area contributed by atoms with E-state index in [9.17, 15) is 19.4 Å². The van der Waals surface area contributed by atoms with Crippen molar-refractivity contribution in [2.24, 2.45) is 22.9 Å². The van der Waals surface area contributed by atoms with E-state index < -0.39 is 29.4 Å². The fourth-order valence-electron chi connectivity index (χ4n) is 9.56. The molecule has 1 amide bonds. The molecule has 13 heteroatoms. The Morgan fingerprint density at radius 3 is 2.48 bits per heavy atom. The summed E-state index contributed by atoms with van der Waals surface area (Å²) in [5.41, 5.74) is 2.99. The van der Waals surface area contributed by atoms with Gasteiger partial charge in [0.05, 0.1) is 24.8 Å². The molecule has 2 aliphatic heterocycles. The highest BCUT2D eigenvalue weighted by Gasteiger charge is 2.66. The minimum Gasteiger partial charge on any atom is -0.489 e. The van der Waals surface area contributed by atoms with Gasteiger partial charge in [0.25, 0.3) is 0 Å². The van der Waals surface area contributed by atoms with E-state index in [0.29, 0.717) is 53.5 Å². The number of halogens is 1. The number of ether oxygens (including phenoxy) is 6. The van der Waals surface area contributed by atoms with Crippen LogP contribution in [0.4, 0.5) is 9.18 Å². The van der Waals surface area contributed by atoms with Crippen molar-refractivity contribution in [3.63, 3.8) is 0 Å². The van der Waals surface area contributed by atoms with E-state index in [4.69, 9.17) is 38.4 Å². The molecular weight excluding hydrogens is 820 g/mol. The third kappa shape index (κ3) is 10.4. The maximum atomic E-state index is 14.8. The quantitative estimate of drug-likeness (QED) is 0.0605. The van der Waals surface area contributed by atoms with E-state index in [1.165, 1.54) is 6.07 Å². The number of allylic oxidation sites excluding steroid dienone is 1. The Morgan fingerprint density at radius 1 is 0.969 bits per heavy atom. The second-order valence-electron chi connectivity index (χ2n) is 17.9. The second kappa shape index (κ2) is 21.1. The number of rotatable bonds is 21. The molecule has 0 saturated heterocycles. The fourth-order valence-corrected chi connectivity index (χ4v) is 9.56. The summed E-state index contributed by atoms with van der Waals surface area (Å²) in [7, 11) is 0. The molecule has 0 radical (unpaired) electrons. The van der Waals surface area contributed by atoms with E-state index in [-0.39, 0.29) is 76.4 Å². The van der Waals surface area contributed by atoms with Crippen molar-refractivity contribution in [1.82, 2.24) is 4.90 Å². The molecule has 0 spiro atoms. The van der Waals surface area contributed by atoms with Gasteiger partial charge in [-0.2, -0.15) is 0 Å². The average Bonchev–Trinajstić information content (AvgIpc) is 3.76. The largest absolute Gasteiger partial charge is 0.489 e. The summed E-state index contributed by atoms with van der Waals surface area (Å²) >= 11 is 0. The van der Waals surface area contributed by atoms with Crippen LogP contribution < -0.4 is 18.9 Å². The number of fused-ring (bicyclic) bond motifs is 3. The Kier molecular flexibility index (Phi) is 15.4. The number of unbranched alkanes of at least 4 members (excludes halogenated alkanes) is 2. The molecular formula is C51H63FN2O10. The summed E-state index contributed by atoms with van der Waals surface area (Å²) in [5.74, 6) is -0.421. The smallest absolute Gasteiger partial charge is 0.410 e. The first-order valence-electron chi connectivity index (χ1n) is 22.6. The molecule has 2 N–H and O–H groups in total. The van der Waals surface area contributed by atoms with E-state index in [1.54, 1.807) is 35.3 Å². The molecule has 64 heavy (non-hydrogen) atoms. The number of amides is 1. The van der Waals surface area contributed by atoms with Crippen molar-refractivity contribution in [1.29, 1.82) is 0 Å². The highest BCUT2D eigenvalue weighted by Crippen LogP contribution is 2.62. The van der Waals surface area contributed by atoms with Gasteiger partial charge in [-0.25, -0.2) is 9.18 Å². The number of aliphatic hydroxyl groups excluding tert-OH is 2. The van der Waals surface area contributed by atoms with E-state index in [1.807, 2.05) is 57.2 Å². The molecule has 4 aliphatic rings. The van der Waals surface area contributed by atoms with Crippen LogP contribution in [0.5, 0.6) is 23.0 Å². The maximum absolute atomic E-state index is 14.8. The molecule has 3 aromatic rings. The summed E-state index contributed by atoms with van der Waals surface area (Å²) in [6.07, 6.45) is 10.1. The first kappa shape index (κ1) is 46.6. The van der Waals surface area contributed by atoms with Crippen LogP contribution in [-0.2, 0) is 27.5 Å². The number of nitrogens with zero attached hydrogens (tertiary/aromatic N) is 2. The lowest BCUT2D eigenvalue weighted by atomic mass is 9.55. The lowest BCUT2D eigenvalue weighted by molar-refractivity contribution is -0.256. The van der Waals surface area contributed by atoms with Crippen LogP contribution in [0.15, 0.2) is 103 Å². The lowest BCUT2D eigenvalue weighted by Gasteiger charge is -2.60. The molecule has 6 atom stereocenters. The maximum Gasteiger partial charge on any atom is 0.410 e. The van der Waals surface area contributed by atoms with Gasteiger partial charge in [0, 0.05) is 43.2 Å². The Labute approximate surface area is 376 Å². The van der Waals surface area contributed by atoms with Gasteiger partial charge in [0.1, 0.15) is 35.6 Å². The van der Waals surface area contributed by atoms with Crippen LogP contribution in [0.2, 0.25) is 0 Å². The molecule has 2 aliphatic carbocycles. The van der Waals surface area contributed by atoms with Crippen LogP contribution in [0.25, 0.3) is 0 Å². The van der Waals surface area contributed by atoms with Gasteiger partial charge in [-0.3, -0.25) is 4.90 Å². The highest BCUT2D eigenvalue weighted by atomic mass is 19.1. The zero-order valence-electron chi connectivity index (χ0n) is 37.3. The van der Waals surface area contributed by atoms with Gasteiger partial charge in [-0.1, -0.05) is 60.5 Å². The number of hydrogen-bond acceptors (Lipinski definition) is 11. The summed E-state index contributed by atoms with van der Waals surface area (Å²) in [5, 5.41) is 24.9. The number of carbonyl (C=O) groups excluding carboxylic acids is 1. The van der Waals surface area contributed by atoms with E-state index in [0.717, 1.165) is 42.4 Å². The molecule has 6 unspecified atom stereocenters. The molecule has 12 nitrogen and oxygen atoms in total. The van der Waals surface area contributed by atoms with Gasteiger partial charge in [-0.05, 0) is 112 Å². The Morgan fingerprint density at radius 2 is 1.73 bits per heavy atom. The third-order valence-corrected chi connectivity index (χ3v) is 12.4. The predicted octanol–water partition coefficient (Wildman–Crippen LogP) is 9.78. The molecule has 344 valence electrons. The lowest BCUT2D eigenvalue weighted by Crippen LogP contribution is -2.70. The number of hydrogen-bond donors (Lipinski definition) is 2. The molecule has 1 fully saturated rings. The molecule has 7 rings (SSSR count). The minimum absolute atomic E-state index is 0.0134. The highest BCUT2D eigenvalue weighted by molar-refractivity contribution is 6.03. The van der Waals surface area contributed by atoms with Crippen molar-refractivity contribution in [3.8, 4) is 23.0 Å². The SMILES string of the molecule is C=CCCOC(=O)N(Cc1ccc2c(c1)OCO2)C1CC(=NOC(C)(C)C)C2=CC(CCCCO)C(CCCCO)C3c4cc(OCc5ccccc5F)ccc4OC1(OCC=C)C23. The van der Waals surface area contributed by atoms with Gasteiger partial charge < -0.3 is 43.5 Å². The molecule has 0 bridgehead atoms. The summed E-state index contributed by atoms with van der Waals surface area (Å²) < 4.78 is 53.0. The fraction of sp³-hybridized carbons (Fsp3) is 0.490. The standard InChI is InChI=1S/C51H63FN2O10/c1-6-8-26-58-49(57)54(31-34-19-21-44-45(27-34)61-33-60-44)46-30-42(53-64-50(3,4)5)39-28-35(15-11-13-23-55)38(17-12-14-24-56)47-40-29-37(59-32-36-16-9-10-18-41(36)52)20-22-43(40)63-51(46,48(39)47)62-25-7-2/h6-7,9-10,16,18-22,27-29,35,38,46-48,55-56H,1-2,8,11-15,17,23-26,30-33H2,3-5H3. The molecule has 2 heterocycles. The van der Waals surface area contributed by atoms with Crippen molar-refractivity contribution < 1.29 is 52.7 Å². The van der Waals surface area contributed by atoms with Gasteiger partial charge >= 0.3 is 6.09 Å². The Hall–Kier alpha value is -5.37. The molecule has 1 saturated carbocycles. The Bertz CT molecular complexity index is 2170. The first-order valence-corrected chi connectivity index (χ1v) is 22.6. The zero-order chi connectivity index (χ0) is 45.3.